The number of hydrogen-bond acceptors (Lipinski definition) is 3. The van der Waals surface area contributed by atoms with E-state index in [2.05, 4.69) is 6.92 Å². The predicted octanol–water partition coefficient (Wildman–Crippen LogP) is 10.1. The Labute approximate surface area is 213 Å². The average molecular weight is 483 g/mol. The van der Waals surface area contributed by atoms with Crippen LogP contribution in [0.4, 0.5) is 4.79 Å². The highest BCUT2D eigenvalue weighted by atomic mass is 16.5. The van der Waals surface area contributed by atoms with Crippen molar-refractivity contribution in [3.63, 3.8) is 0 Å². The molecule has 1 amide bonds. The number of ether oxygens (including phenoxy) is 1. The number of carbonyl (C=O) groups is 1. The van der Waals surface area contributed by atoms with Gasteiger partial charge in [0.2, 0.25) is 0 Å². The number of amides is 1. The summed E-state index contributed by atoms with van der Waals surface area (Å²) in [6.07, 6.45) is 37.3. The van der Waals surface area contributed by atoms with E-state index in [1.165, 1.54) is 161 Å². The molecule has 0 radical (unpaired) electrons. The van der Waals surface area contributed by atoms with Crippen LogP contribution >= 0.6 is 0 Å². The Kier molecular flexibility index (Phi) is 29.6. The van der Waals surface area contributed by atoms with Gasteiger partial charge >= 0.3 is 6.09 Å². The fraction of sp³-hybridized carbons (Fsp3) is 0.967. The minimum Gasteiger partial charge on any atom is -0.449 e. The molecule has 0 aromatic rings. The lowest BCUT2D eigenvalue weighted by molar-refractivity contribution is 0.144. The van der Waals surface area contributed by atoms with Gasteiger partial charge in [-0.15, -0.1) is 0 Å². The Balaban J connectivity index is 3.02. The van der Waals surface area contributed by atoms with Crippen molar-refractivity contribution in [2.45, 2.75) is 180 Å². The smallest absolute Gasteiger partial charge is 0.421 e. The minimum atomic E-state index is -0.533. The van der Waals surface area contributed by atoms with Crippen molar-refractivity contribution < 1.29 is 9.53 Å². The Hall–Kier alpha value is -0.770. The normalized spacial score (nSPS) is 11.1. The molecular formula is C30H62N2O2. The van der Waals surface area contributed by atoms with Crippen LogP contribution in [0, 0.1) is 0 Å². The molecule has 0 unspecified atom stereocenters. The zero-order chi connectivity index (χ0) is 24.8. The third kappa shape index (κ3) is 29.3. The summed E-state index contributed by atoms with van der Waals surface area (Å²) in [7, 11) is 0. The second kappa shape index (κ2) is 30.3. The van der Waals surface area contributed by atoms with E-state index in [-0.39, 0.29) is 0 Å². The topological polar surface area (TPSA) is 64.3 Å². The van der Waals surface area contributed by atoms with Crippen LogP contribution in [0.1, 0.15) is 180 Å². The summed E-state index contributed by atoms with van der Waals surface area (Å²) in [6.45, 7) is 2.77. The highest BCUT2D eigenvalue weighted by Crippen LogP contribution is 2.16. The maximum absolute atomic E-state index is 10.8. The van der Waals surface area contributed by atoms with Crippen LogP contribution in [-0.2, 0) is 4.74 Å². The largest absolute Gasteiger partial charge is 0.449 e. The molecule has 3 N–H and O–H groups in total. The number of nitrogens with one attached hydrogen (secondary N) is 1. The Morgan fingerprint density at radius 2 is 0.706 bits per heavy atom. The second-order valence-electron chi connectivity index (χ2n) is 10.5. The lowest BCUT2D eigenvalue weighted by atomic mass is 10.0. The van der Waals surface area contributed by atoms with Crippen molar-refractivity contribution in [1.29, 1.82) is 0 Å². The van der Waals surface area contributed by atoms with Gasteiger partial charge < -0.3 is 4.74 Å². The quantitative estimate of drug-likeness (QED) is 0.0504. The van der Waals surface area contributed by atoms with Crippen molar-refractivity contribution in [3.05, 3.63) is 0 Å². The molecule has 0 rings (SSSR count). The SMILES string of the molecule is CCCCCCCCCCCCCCCCCCCCCCCCCCCCCOC(=O)NN. The molecule has 0 heterocycles. The Bertz CT molecular complexity index is 390. The minimum absolute atomic E-state index is 0.475. The molecule has 4 heteroatoms. The van der Waals surface area contributed by atoms with Crippen LogP contribution in [0.2, 0.25) is 0 Å². The first-order chi connectivity index (χ1) is 16.8. The molecule has 34 heavy (non-hydrogen) atoms. The summed E-state index contributed by atoms with van der Waals surface area (Å²) >= 11 is 0. The van der Waals surface area contributed by atoms with E-state index in [1.807, 2.05) is 5.43 Å². The van der Waals surface area contributed by atoms with Crippen LogP contribution in [-0.4, -0.2) is 12.7 Å². The molecule has 0 saturated carbocycles. The number of rotatable bonds is 28. The molecular weight excluding hydrogens is 420 g/mol. The van der Waals surface area contributed by atoms with Gasteiger partial charge in [-0.05, 0) is 6.42 Å². The highest BCUT2D eigenvalue weighted by molar-refractivity contribution is 5.66. The standard InChI is InChI=1S/C30H62N2O2/c1-2-3-4-5-6-7-8-9-10-11-12-13-14-15-16-17-18-19-20-21-22-23-24-25-26-27-28-29-34-30(33)32-31/h2-29,31H2,1H3,(H,32,33). The lowest BCUT2D eigenvalue weighted by Crippen LogP contribution is -2.30. The molecule has 0 bridgehead atoms. The van der Waals surface area contributed by atoms with Crippen LogP contribution < -0.4 is 11.3 Å². The van der Waals surface area contributed by atoms with Crippen molar-refractivity contribution in [2.75, 3.05) is 6.61 Å². The van der Waals surface area contributed by atoms with Gasteiger partial charge in [0.25, 0.3) is 0 Å². The van der Waals surface area contributed by atoms with Gasteiger partial charge in [0, 0.05) is 0 Å². The molecule has 4 nitrogen and oxygen atoms in total. The van der Waals surface area contributed by atoms with Gasteiger partial charge in [-0.25, -0.2) is 10.6 Å². The molecule has 0 aliphatic rings. The summed E-state index contributed by atoms with van der Waals surface area (Å²) in [6, 6.07) is 0. The van der Waals surface area contributed by atoms with E-state index in [0.29, 0.717) is 6.61 Å². The number of nitrogens with two attached hydrogens (primary N) is 1. The number of hydrazine groups is 1. The second-order valence-corrected chi connectivity index (χ2v) is 10.5. The van der Waals surface area contributed by atoms with Crippen LogP contribution in [0.3, 0.4) is 0 Å². The van der Waals surface area contributed by atoms with Crippen molar-refractivity contribution in [3.8, 4) is 0 Å². The average Bonchev–Trinajstić information content (AvgIpc) is 2.85. The predicted molar refractivity (Wildman–Crippen MR) is 149 cm³/mol. The summed E-state index contributed by atoms with van der Waals surface area (Å²) in [5.74, 6) is 4.96. The summed E-state index contributed by atoms with van der Waals surface area (Å²) in [4.78, 5) is 10.8. The van der Waals surface area contributed by atoms with Gasteiger partial charge in [0.05, 0.1) is 6.61 Å². The number of unbranched alkanes of at least 4 members (excludes halogenated alkanes) is 26. The molecule has 0 aromatic carbocycles. The zero-order valence-corrected chi connectivity index (χ0v) is 23.2. The fourth-order valence-electron chi connectivity index (χ4n) is 4.80. The fourth-order valence-corrected chi connectivity index (χ4v) is 4.80. The van der Waals surface area contributed by atoms with Gasteiger partial charge in [-0.3, -0.25) is 5.43 Å². The summed E-state index contributed by atoms with van der Waals surface area (Å²) < 4.78 is 4.87. The molecule has 0 fully saturated rings. The first-order valence-electron chi connectivity index (χ1n) is 15.4. The lowest BCUT2D eigenvalue weighted by Gasteiger charge is -2.05. The van der Waals surface area contributed by atoms with E-state index in [4.69, 9.17) is 10.6 Å². The third-order valence-electron chi connectivity index (χ3n) is 7.10. The molecule has 0 aromatic heterocycles. The van der Waals surface area contributed by atoms with E-state index in [1.54, 1.807) is 0 Å². The molecule has 0 aliphatic heterocycles. The first kappa shape index (κ1) is 33.2. The molecule has 0 spiro atoms. The van der Waals surface area contributed by atoms with Crippen LogP contribution in [0.15, 0.2) is 0 Å². The van der Waals surface area contributed by atoms with Gasteiger partial charge in [-0.2, -0.15) is 0 Å². The highest BCUT2D eigenvalue weighted by Gasteiger charge is 1.98. The molecule has 204 valence electrons. The van der Waals surface area contributed by atoms with Gasteiger partial charge in [-0.1, -0.05) is 174 Å². The zero-order valence-electron chi connectivity index (χ0n) is 23.2. The first-order valence-corrected chi connectivity index (χ1v) is 15.4. The Morgan fingerprint density at radius 1 is 0.471 bits per heavy atom. The monoisotopic (exact) mass is 482 g/mol. The van der Waals surface area contributed by atoms with Gasteiger partial charge in [0.1, 0.15) is 0 Å². The maximum Gasteiger partial charge on any atom is 0.421 e. The van der Waals surface area contributed by atoms with Crippen molar-refractivity contribution >= 4 is 6.09 Å². The van der Waals surface area contributed by atoms with Crippen molar-refractivity contribution in [2.24, 2.45) is 5.84 Å². The molecule has 0 atom stereocenters. The van der Waals surface area contributed by atoms with E-state index in [9.17, 15) is 4.79 Å². The van der Waals surface area contributed by atoms with Gasteiger partial charge in [0.15, 0.2) is 0 Å². The molecule has 0 aliphatic carbocycles. The van der Waals surface area contributed by atoms with E-state index >= 15 is 0 Å². The number of carbonyl (C=O) groups excluding carboxylic acids is 1. The molecule has 0 saturated heterocycles. The Morgan fingerprint density at radius 3 is 0.941 bits per heavy atom. The summed E-state index contributed by atoms with van der Waals surface area (Å²) in [5.41, 5.74) is 1.97. The van der Waals surface area contributed by atoms with Crippen LogP contribution in [0.5, 0.6) is 0 Å². The maximum atomic E-state index is 10.8. The van der Waals surface area contributed by atoms with Crippen molar-refractivity contribution in [1.82, 2.24) is 5.43 Å². The third-order valence-corrected chi connectivity index (χ3v) is 7.10. The number of hydrogen-bond donors (Lipinski definition) is 2. The van der Waals surface area contributed by atoms with Crippen LogP contribution in [0.25, 0.3) is 0 Å². The van der Waals surface area contributed by atoms with E-state index < -0.39 is 6.09 Å². The summed E-state index contributed by atoms with van der Waals surface area (Å²) in [5, 5.41) is 0. The van der Waals surface area contributed by atoms with E-state index in [0.717, 1.165) is 12.8 Å².